The fraction of sp³-hybridized carbons (Fsp3) is 0.179. The van der Waals surface area contributed by atoms with Crippen LogP contribution in [-0.4, -0.2) is 18.9 Å². The first-order valence-corrected chi connectivity index (χ1v) is 14.4. The lowest BCUT2D eigenvalue weighted by molar-refractivity contribution is 0.0735. The molecule has 0 saturated heterocycles. The molecule has 4 heteroatoms. The summed E-state index contributed by atoms with van der Waals surface area (Å²) >= 11 is 0. The number of ketones is 1. The Morgan fingerprint density at radius 1 is 0.581 bits per heavy atom. The van der Waals surface area contributed by atoms with Crippen molar-refractivity contribution in [3.63, 3.8) is 0 Å². The molecule has 0 N–H and O–H groups in total. The van der Waals surface area contributed by atoms with E-state index < -0.39 is 5.97 Å². The molecule has 43 heavy (non-hydrogen) atoms. The lowest BCUT2D eigenvalue weighted by atomic mass is 9.76. The van der Waals surface area contributed by atoms with Crippen LogP contribution in [-0.2, 0) is 5.41 Å². The monoisotopic (exact) mass is 568 g/mol. The van der Waals surface area contributed by atoms with Crippen LogP contribution < -0.4 is 9.47 Å². The Morgan fingerprint density at radius 2 is 1.02 bits per heavy atom. The molecule has 0 aliphatic rings. The lowest BCUT2D eigenvalue weighted by Crippen LogP contribution is -2.19. The van der Waals surface area contributed by atoms with Crippen molar-refractivity contribution in [3.8, 4) is 33.8 Å². The van der Waals surface area contributed by atoms with Gasteiger partial charge in [-0.1, -0.05) is 97.8 Å². The highest BCUT2D eigenvalue weighted by atomic mass is 16.5. The number of carbonyl (C=O) groups excluding carboxylic acids is 2. The molecule has 0 heterocycles. The smallest absolute Gasteiger partial charge is 0.343 e. The van der Waals surface area contributed by atoms with Gasteiger partial charge >= 0.3 is 5.97 Å². The van der Waals surface area contributed by atoms with Crippen molar-refractivity contribution < 1.29 is 19.1 Å². The molecule has 0 atom stereocenters. The number of Topliss-reactive ketones (excluding diaryl/α,β-unsaturated/α-hetero) is 1. The highest BCUT2D eigenvalue weighted by molar-refractivity contribution is 5.97. The predicted molar refractivity (Wildman–Crippen MR) is 173 cm³/mol. The molecular weight excluding hydrogens is 532 g/mol. The molecule has 0 fully saturated rings. The summed E-state index contributed by atoms with van der Waals surface area (Å²) < 4.78 is 11.7. The van der Waals surface area contributed by atoms with E-state index in [-0.39, 0.29) is 11.2 Å². The molecule has 5 rings (SSSR count). The zero-order valence-corrected chi connectivity index (χ0v) is 25.5. The van der Waals surface area contributed by atoms with E-state index >= 15 is 0 Å². The molecule has 216 valence electrons. The fourth-order valence-electron chi connectivity index (χ4n) is 5.19. The van der Waals surface area contributed by atoms with E-state index in [1.165, 1.54) is 12.5 Å². The number of benzene rings is 5. The summed E-state index contributed by atoms with van der Waals surface area (Å²) in [6.07, 6.45) is 0. The van der Waals surface area contributed by atoms with Gasteiger partial charge in [0.15, 0.2) is 5.78 Å². The summed E-state index contributed by atoms with van der Waals surface area (Å²) in [5.74, 6) is 0.762. The number of hydrogen-bond acceptors (Lipinski definition) is 4. The van der Waals surface area contributed by atoms with Crippen LogP contribution >= 0.6 is 0 Å². The third-order valence-corrected chi connectivity index (χ3v) is 8.08. The molecule has 0 aromatic heterocycles. The van der Waals surface area contributed by atoms with Crippen molar-refractivity contribution in [2.24, 2.45) is 0 Å². The fourth-order valence-corrected chi connectivity index (χ4v) is 5.19. The Hall–Kier alpha value is -4.96. The van der Waals surface area contributed by atoms with Gasteiger partial charge in [-0.3, -0.25) is 4.79 Å². The van der Waals surface area contributed by atoms with Crippen molar-refractivity contribution in [1.29, 1.82) is 0 Å². The maximum absolute atomic E-state index is 13.2. The van der Waals surface area contributed by atoms with Crippen LogP contribution in [0.5, 0.6) is 11.5 Å². The Labute approximate surface area is 253 Å². The van der Waals surface area contributed by atoms with Gasteiger partial charge in [0.2, 0.25) is 0 Å². The zero-order valence-electron chi connectivity index (χ0n) is 25.5. The highest BCUT2D eigenvalue weighted by Gasteiger charge is 2.26. The minimum atomic E-state index is -0.478. The van der Waals surface area contributed by atoms with Gasteiger partial charge in [-0.05, 0) is 79.4 Å². The van der Waals surface area contributed by atoms with Crippen LogP contribution in [0.2, 0.25) is 0 Å². The first kappa shape index (κ1) is 29.5. The molecule has 0 aliphatic heterocycles. The quantitative estimate of drug-likeness (QED) is 0.106. The van der Waals surface area contributed by atoms with Gasteiger partial charge in [0.1, 0.15) is 11.5 Å². The number of methoxy groups -OCH3 is 1. The molecule has 0 aliphatic carbocycles. The third-order valence-electron chi connectivity index (χ3n) is 8.08. The van der Waals surface area contributed by atoms with Crippen LogP contribution in [0.1, 0.15) is 63.7 Å². The Balaban J connectivity index is 1.55. The summed E-state index contributed by atoms with van der Waals surface area (Å²) in [5, 5.41) is 0. The van der Waals surface area contributed by atoms with Crippen LogP contribution in [0.3, 0.4) is 0 Å². The SMILES string of the molecule is COc1ccc(C(C)(C)c2ccc(OC(=O)c3ccc(C(C)=O)cc3)c(-c3ccc(C)cc3)c2)cc1-c1ccc(C)cc1. The van der Waals surface area contributed by atoms with E-state index in [1.807, 2.05) is 37.3 Å². The number of carbonyl (C=O) groups is 2. The van der Waals surface area contributed by atoms with E-state index in [1.54, 1.807) is 31.4 Å². The summed E-state index contributed by atoms with van der Waals surface area (Å²) in [6.45, 7) is 10.0. The topological polar surface area (TPSA) is 52.6 Å². The van der Waals surface area contributed by atoms with Crippen LogP contribution in [0, 0.1) is 13.8 Å². The number of ether oxygens (including phenoxy) is 2. The van der Waals surface area contributed by atoms with Crippen molar-refractivity contribution in [2.45, 2.75) is 40.0 Å². The lowest BCUT2D eigenvalue weighted by Gasteiger charge is -2.28. The van der Waals surface area contributed by atoms with E-state index in [0.29, 0.717) is 16.9 Å². The first-order chi connectivity index (χ1) is 20.6. The molecule has 5 aromatic carbocycles. The van der Waals surface area contributed by atoms with Crippen molar-refractivity contribution in [2.75, 3.05) is 7.11 Å². The van der Waals surface area contributed by atoms with Gasteiger partial charge in [-0.25, -0.2) is 4.79 Å². The first-order valence-electron chi connectivity index (χ1n) is 14.4. The van der Waals surface area contributed by atoms with E-state index in [4.69, 9.17) is 9.47 Å². The maximum Gasteiger partial charge on any atom is 0.343 e. The summed E-state index contributed by atoms with van der Waals surface area (Å²) in [4.78, 5) is 24.8. The Kier molecular flexibility index (Phi) is 8.31. The van der Waals surface area contributed by atoms with E-state index in [2.05, 4.69) is 75.4 Å². The zero-order chi connectivity index (χ0) is 30.7. The van der Waals surface area contributed by atoms with Gasteiger partial charge in [0, 0.05) is 22.1 Å². The predicted octanol–water partition coefficient (Wildman–Crippen LogP) is 9.39. The molecular formula is C39H36O4. The van der Waals surface area contributed by atoms with Gasteiger partial charge in [0.25, 0.3) is 0 Å². The minimum absolute atomic E-state index is 0.0531. The van der Waals surface area contributed by atoms with Crippen LogP contribution in [0.25, 0.3) is 22.3 Å². The standard InChI is InChI=1S/C39H36O4/c1-25-7-11-29(12-8-25)34-23-32(19-21-36(34)42-6)39(4,5)33-20-22-37(35(24-33)30-13-9-26(2)10-14-30)43-38(41)31-17-15-28(16-18-31)27(3)40/h7-24H,1-6H3. The number of esters is 1. The molecule has 0 saturated carbocycles. The van der Waals surface area contributed by atoms with E-state index in [0.717, 1.165) is 44.7 Å². The molecule has 0 radical (unpaired) electrons. The second-order valence-electron chi connectivity index (χ2n) is 11.5. The van der Waals surface area contributed by atoms with Gasteiger partial charge in [0.05, 0.1) is 12.7 Å². The van der Waals surface area contributed by atoms with Crippen molar-refractivity contribution >= 4 is 11.8 Å². The maximum atomic E-state index is 13.2. The summed E-state index contributed by atoms with van der Waals surface area (Å²) in [7, 11) is 1.70. The summed E-state index contributed by atoms with van der Waals surface area (Å²) in [6, 6.07) is 35.5. The van der Waals surface area contributed by atoms with Crippen molar-refractivity contribution in [1.82, 2.24) is 0 Å². The Bertz CT molecular complexity index is 1780. The summed E-state index contributed by atoms with van der Waals surface area (Å²) in [5.41, 5.74) is 9.02. The van der Waals surface area contributed by atoms with Gasteiger partial charge in [-0.15, -0.1) is 0 Å². The van der Waals surface area contributed by atoms with Gasteiger partial charge < -0.3 is 9.47 Å². The van der Waals surface area contributed by atoms with Gasteiger partial charge in [-0.2, -0.15) is 0 Å². The second-order valence-corrected chi connectivity index (χ2v) is 11.5. The Morgan fingerprint density at radius 3 is 1.49 bits per heavy atom. The third kappa shape index (κ3) is 6.29. The molecule has 5 aromatic rings. The van der Waals surface area contributed by atoms with E-state index in [9.17, 15) is 9.59 Å². The van der Waals surface area contributed by atoms with Crippen molar-refractivity contribution in [3.05, 3.63) is 143 Å². The molecule has 0 unspecified atom stereocenters. The molecule has 0 amide bonds. The highest BCUT2D eigenvalue weighted by Crippen LogP contribution is 2.41. The van der Waals surface area contributed by atoms with Crippen LogP contribution in [0.4, 0.5) is 0 Å². The van der Waals surface area contributed by atoms with Crippen LogP contribution in [0.15, 0.2) is 109 Å². The number of rotatable bonds is 8. The minimum Gasteiger partial charge on any atom is -0.496 e. The number of hydrogen-bond donors (Lipinski definition) is 0. The largest absolute Gasteiger partial charge is 0.496 e. The molecule has 0 bridgehead atoms. The molecule has 0 spiro atoms. The normalized spacial score (nSPS) is 11.2. The number of aryl methyl sites for hydroxylation is 2. The average molecular weight is 569 g/mol. The average Bonchev–Trinajstić information content (AvgIpc) is 3.01. The molecule has 4 nitrogen and oxygen atoms in total. The second kappa shape index (κ2) is 12.1.